The standard InChI is InChI=1S/Co.Li.H2O4S/c;;1-5(2,3)4/h;;(H2,1,2,3,4)/q+2;+1;/p-2. The summed E-state index contributed by atoms with van der Waals surface area (Å²) in [6.07, 6.45) is 0. The SMILES string of the molecule is O=S(=O)([O-])[O-].[Co+2].[Li+]. The van der Waals surface area contributed by atoms with Crippen LogP contribution in [-0.4, -0.2) is 17.5 Å². The fraction of sp³-hybridized carbons (Fsp3) is 0. The Balaban J connectivity index is -0.0000000800. The van der Waals surface area contributed by atoms with Crippen molar-refractivity contribution in [1.29, 1.82) is 0 Å². The van der Waals surface area contributed by atoms with Gasteiger partial charge in [-0.1, -0.05) is 0 Å². The van der Waals surface area contributed by atoms with Crippen LogP contribution in [0.5, 0.6) is 0 Å². The summed E-state index contributed by atoms with van der Waals surface area (Å²) in [6, 6.07) is 0. The molecule has 0 amide bonds. The van der Waals surface area contributed by atoms with Crippen molar-refractivity contribution in [2.75, 3.05) is 0 Å². The van der Waals surface area contributed by atoms with Gasteiger partial charge in [0, 0.05) is 10.4 Å². The average molecular weight is 162 g/mol. The largest absolute Gasteiger partial charge is 2.00 e. The molecule has 4 nitrogen and oxygen atoms in total. The third kappa shape index (κ3) is 182. The van der Waals surface area contributed by atoms with Crippen molar-refractivity contribution in [2.45, 2.75) is 0 Å². The average Bonchev–Trinajstić information content (AvgIpc) is 0.722. The zero-order valence-electron chi connectivity index (χ0n) is 3.37. The first-order chi connectivity index (χ1) is 2.00. The molecule has 0 aromatic rings. The van der Waals surface area contributed by atoms with E-state index in [1.807, 2.05) is 0 Å². The van der Waals surface area contributed by atoms with E-state index in [1.165, 1.54) is 0 Å². The molecule has 7 heavy (non-hydrogen) atoms. The van der Waals surface area contributed by atoms with Crippen LogP contribution < -0.4 is 18.9 Å². The second-order valence-electron chi connectivity index (χ2n) is 0.408. The third-order valence-corrected chi connectivity index (χ3v) is 0. The zero-order chi connectivity index (χ0) is 4.50. The van der Waals surface area contributed by atoms with E-state index in [2.05, 4.69) is 0 Å². The molecule has 0 fully saturated rings. The van der Waals surface area contributed by atoms with E-state index in [1.54, 1.807) is 0 Å². The topological polar surface area (TPSA) is 80.3 Å². The minimum Gasteiger partial charge on any atom is -0.759 e. The normalized spacial score (nSPS) is 8.29. The Kier molecular flexibility index (Phi) is 11.5. The molecule has 0 aliphatic heterocycles. The van der Waals surface area contributed by atoms with Crippen LogP contribution in [0.15, 0.2) is 0 Å². The first-order valence-electron chi connectivity index (χ1n) is 0.667. The molecule has 1 radical (unpaired) electrons. The van der Waals surface area contributed by atoms with Gasteiger partial charge < -0.3 is 9.11 Å². The summed E-state index contributed by atoms with van der Waals surface area (Å²) in [6.45, 7) is 0. The number of rotatable bonds is 0. The quantitative estimate of drug-likeness (QED) is 0.205. The predicted octanol–water partition coefficient (Wildman–Crippen LogP) is -4.34. The van der Waals surface area contributed by atoms with E-state index in [0.29, 0.717) is 0 Å². The number of hydrogen-bond acceptors (Lipinski definition) is 4. The summed E-state index contributed by atoms with van der Waals surface area (Å²) in [5.74, 6) is 0. The Hall–Kier alpha value is 0.974. The monoisotopic (exact) mass is 162 g/mol. The smallest absolute Gasteiger partial charge is 0.759 e. The molecular formula is CoLiO4S+. The van der Waals surface area contributed by atoms with Crippen LogP contribution in [0.3, 0.4) is 0 Å². The Morgan fingerprint density at radius 2 is 1.14 bits per heavy atom. The van der Waals surface area contributed by atoms with E-state index < -0.39 is 10.4 Å². The van der Waals surface area contributed by atoms with E-state index in [-0.39, 0.29) is 35.6 Å². The Morgan fingerprint density at radius 3 is 1.14 bits per heavy atom. The summed E-state index contributed by atoms with van der Waals surface area (Å²) in [5, 5.41) is 0. The molecule has 0 aliphatic carbocycles. The van der Waals surface area contributed by atoms with Crippen molar-refractivity contribution >= 4 is 10.4 Å². The van der Waals surface area contributed by atoms with Crippen LogP contribution in [0, 0.1) is 0 Å². The van der Waals surface area contributed by atoms with Crippen molar-refractivity contribution in [2.24, 2.45) is 0 Å². The fourth-order valence-electron chi connectivity index (χ4n) is 0. The van der Waals surface area contributed by atoms with E-state index in [4.69, 9.17) is 17.5 Å². The molecule has 0 unspecified atom stereocenters. The first-order valence-corrected chi connectivity index (χ1v) is 2.00. The predicted molar refractivity (Wildman–Crippen MR) is 10.5 cm³/mol. The van der Waals surface area contributed by atoms with Gasteiger partial charge in [0.05, 0.1) is 0 Å². The van der Waals surface area contributed by atoms with Crippen molar-refractivity contribution in [3.05, 3.63) is 0 Å². The van der Waals surface area contributed by atoms with E-state index in [9.17, 15) is 0 Å². The van der Waals surface area contributed by atoms with Crippen molar-refractivity contribution in [3.63, 3.8) is 0 Å². The van der Waals surface area contributed by atoms with E-state index in [0.717, 1.165) is 0 Å². The summed E-state index contributed by atoms with van der Waals surface area (Å²) >= 11 is 0. The molecule has 0 saturated carbocycles. The molecule has 0 aromatic carbocycles. The van der Waals surface area contributed by atoms with Gasteiger partial charge in [-0.15, -0.1) is 0 Å². The van der Waals surface area contributed by atoms with Gasteiger partial charge in [-0.2, -0.15) is 0 Å². The van der Waals surface area contributed by atoms with E-state index >= 15 is 0 Å². The summed E-state index contributed by atoms with van der Waals surface area (Å²) in [4.78, 5) is 0. The molecule has 0 heterocycles. The number of hydrogen-bond donors (Lipinski definition) is 0. The first kappa shape index (κ1) is 15.7. The van der Waals surface area contributed by atoms with Gasteiger partial charge in [-0.05, 0) is 0 Å². The van der Waals surface area contributed by atoms with Gasteiger partial charge in [0.2, 0.25) is 0 Å². The van der Waals surface area contributed by atoms with Crippen molar-refractivity contribution in [3.8, 4) is 0 Å². The summed E-state index contributed by atoms with van der Waals surface area (Å²) in [7, 11) is -5.17. The maximum atomic E-state index is 8.52. The Morgan fingerprint density at radius 1 is 1.14 bits per heavy atom. The minimum absolute atomic E-state index is 0. The van der Waals surface area contributed by atoms with Crippen LogP contribution >= 0.6 is 0 Å². The molecule has 39 valence electrons. The Bertz CT molecular complexity index is 94.9. The van der Waals surface area contributed by atoms with Gasteiger partial charge in [-0.25, -0.2) is 0 Å². The van der Waals surface area contributed by atoms with Gasteiger partial charge in [0.1, 0.15) is 0 Å². The van der Waals surface area contributed by atoms with Crippen molar-refractivity contribution < 1.29 is 53.2 Å². The maximum Gasteiger partial charge on any atom is 2.00 e. The third-order valence-electron chi connectivity index (χ3n) is 0. The van der Waals surface area contributed by atoms with Gasteiger partial charge in [0.15, 0.2) is 0 Å². The minimum atomic E-state index is -5.17. The molecule has 0 bridgehead atoms. The van der Waals surface area contributed by atoms with Crippen LogP contribution in [0.4, 0.5) is 0 Å². The molecule has 0 aliphatic rings. The summed E-state index contributed by atoms with van der Waals surface area (Å²) < 4.78 is 34.1. The van der Waals surface area contributed by atoms with Gasteiger partial charge in [0.25, 0.3) is 0 Å². The molecule has 0 N–H and O–H groups in total. The molecule has 0 spiro atoms. The second kappa shape index (κ2) is 5.12. The summed E-state index contributed by atoms with van der Waals surface area (Å²) in [5.41, 5.74) is 0. The van der Waals surface area contributed by atoms with Crippen LogP contribution in [-0.2, 0) is 27.2 Å². The van der Waals surface area contributed by atoms with Crippen molar-refractivity contribution in [1.82, 2.24) is 0 Å². The zero-order valence-corrected chi connectivity index (χ0v) is 5.23. The van der Waals surface area contributed by atoms with Crippen LogP contribution in [0.1, 0.15) is 0 Å². The molecular weight excluding hydrogens is 162 g/mol. The van der Waals surface area contributed by atoms with Crippen LogP contribution in [0.2, 0.25) is 0 Å². The Labute approximate surface area is 63.6 Å². The second-order valence-corrected chi connectivity index (χ2v) is 1.22. The van der Waals surface area contributed by atoms with Gasteiger partial charge in [-0.3, -0.25) is 8.42 Å². The van der Waals surface area contributed by atoms with Crippen LogP contribution in [0.25, 0.3) is 0 Å². The molecule has 7 heteroatoms. The maximum absolute atomic E-state index is 8.52. The molecule has 0 saturated heterocycles. The fourth-order valence-corrected chi connectivity index (χ4v) is 0. The molecule has 0 atom stereocenters. The van der Waals surface area contributed by atoms with Gasteiger partial charge >= 0.3 is 35.6 Å². The molecule has 0 aromatic heterocycles. The molecule has 0 rings (SSSR count).